The highest BCUT2D eigenvalue weighted by molar-refractivity contribution is 7.13. The molecule has 0 bridgehead atoms. The van der Waals surface area contributed by atoms with E-state index in [0.717, 1.165) is 24.1 Å². The fraction of sp³-hybridized carbons (Fsp3) is 0.500. The molecule has 7 heteroatoms. The van der Waals surface area contributed by atoms with Gasteiger partial charge in [-0.1, -0.05) is 17.6 Å². The molecule has 0 radical (unpaired) electrons. The van der Waals surface area contributed by atoms with Crippen molar-refractivity contribution in [1.29, 1.82) is 0 Å². The van der Waals surface area contributed by atoms with Crippen molar-refractivity contribution >= 4 is 17.3 Å². The van der Waals surface area contributed by atoms with E-state index < -0.39 is 5.97 Å². The van der Waals surface area contributed by atoms with E-state index in [0.29, 0.717) is 24.8 Å². The molecule has 1 saturated carbocycles. The highest BCUT2D eigenvalue weighted by atomic mass is 32.1. The first-order valence-corrected chi connectivity index (χ1v) is 7.92. The van der Waals surface area contributed by atoms with E-state index in [4.69, 9.17) is 9.63 Å². The van der Waals surface area contributed by atoms with Crippen molar-refractivity contribution in [2.75, 3.05) is 6.54 Å². The van der Waals surface area contributed by atoms with E-state index >= 15 is 0 Å². The number of carboxylic acids is 1. The highest BCUT2D eigenvalue weighted by Gasteiger charge is 2.32. The van der Waals surface area contributed by atoms with Gasteiger partial charge < -0.3 is 14.9 Å². The van der Waals surface area contributed by atoms with Crippen LogP contribution < -0.4 is 5.32 Å². The summed E-state index contributed by atoms with van der Waals surface area (Å²) in [4.78, 5) is 16.4. The second kappa shape index (κ2) is 6.36. The van der Waals surface area contributed by atoms with E-state index in [2.05, 4.69) is 15.5 Å². The standard InChI is InChI=1S/C14H17N3O3S/c18-14(19)10-4-1-3-9(10)7-15-8-12-16-13(20-17-12)11-5-2-6-21-11/h2,5-6,9-10,15H,1,3-4,7-8H2,(H,18,19). The first-order chi connectivity index (χ1) is 10.2. The monoisotopic (exact) mass is 307 g/mol. The minimum absolute atomic E-state index is 0.200. The van der Waals surface area contributed by atoms with Gasteiger partial charge in [-0.2, -0.15) is 4.98 Å². The number of hydrogen-bond acceptors (Lipinski definition) is 6. The van der Waals surface area contributed by atoms with Crippen LogP contribution in [0.1, 0.15) is 25.1 Å². The number of aliphatic carboxylic acids is 1. The van der Waals surface area contributed by atoms with Crippen LogP contribution in [-0.2, 0) is 11.3 Å². The first-order valence-electron chi connectivity index (χ1n) is 7.04. The third-order valence-corrected chi connectivity index (χ3v) is 4.72. The van der Waals surface area contributed by atoms with Crippen molar-refractivity contribution in [2.24, 2.45) is 11.8 Å². The predicted octanol–water partition coefficient (Wildman–Crippen LogP) is 2.39. The average Bonchev–Trinajstić information content (AvgIpc) is 3.20. The molecule has 0 aromatic carbocycles. The molecule has 0 amide bonds. The van der Waals surface area contributed by atoms with Crippen molar-refractivity contribution in [3.05, 3.63) is 23.3 Å². The zero-order valence-electron chi connectivity index (χ0n) is 11.5. The lowest BCUT2D eigenvalue weighted by atomic mass is 9.96. The van der Waals surface area contributed by atoms with E-state index in [-0.39, 0.29) is 11.8 Å². The number of thiophene rings is 1. The Bertz CT molecular complexity index is 596. The van der Waals surface area contributed by atoms with Gasteiger partial charge in [0.05, 0.1) is 17.3 Å². The number of carboxylic acid groups (broad SMARTS) is 1. The van der Waals surface area contributed by atoms with E-state index in [1.165, 1.54) is 0 Å². The lowest BCUT2D eigenvalue weighted by Crippen LogP contribution is -2.29. The van der Waals surface area contributed by atoms with Gasteiger partial charge in [0.2, 0.25) is 0 Å². The van der Waals surface area contributed by atoms with E-state index in [1.54, 1.807) is 11.3 Å². The van der Waals surface area contributed by atoms with Gasteiger partial charge in [-0.25, -0.2) is 0 Å². The maximum Gasteiger partial charge on any atom is 0.306 e. The number of nitrogens with zero attached hydrogens (tertiary/aromatic N) is 2. The van der Waals surface area contributed by atoms with Crippen LogP contribution in [0.2, 0.25) is 0 Å². The Labute approximate surface area is 126 Å². The molecule has 6 nitrogen and oxygen atoms in total. The normalized spacial score (nSPS) is 21.7. The largest absolute Gasteiger partial charge is 0.481 e. The number of aromatic nitrogens is 2. The van der Waals surface area contributed by atoms with Crippen LogP contribution in [0.3, 0.4) is 0 Å². The molecule has 2 unspecified atom stereocenters. The van der Waals surface area contributed by atoms with Gasteiger partial charge in [0.25, 0.3) is 5.89 Å². The van der Waals surface area contributed by atoms with Gasteiger partial charge in [0.15, 0.2) is 5.82 Å². The molecule has 1 fully saturated rings. The second-order valence-corrected chi connectivity index (χ2v) is 6.21. The van der Waals surface area contributed by atoms with Crippen LogP contribution in [0.5, 0.6) is 0 Å². The van der Waals surface area contributed by atoms with Gasteiger partial charge in [-0.15, -0.1) is 11.3 Å². The molecule has 2 aromatic rings. The van der Waals surface area contributed by atoms with Crippen molar-refractivity contribution in [1.82, 2.24) is 15.5 Å². The fourth-order valence-electron chi connectivity index (χ4n) is 2.80. The topological polar surface area (TPSA) is 88.2 Å². The number of nitrogens with one attached hydrogen (secondary N) is 1. The molecule has 2 N–H and O–H groups in total. The lowest BCUT2D eigenvalue weighted by molar-refractivity contribution is -0.142. The summed E-state index contributed by atoms with van der Waals surface area (Å²) in [7, 11) is 0. The molecule has 1 aliphatic rings. The van der Waals surface area contributed by atoms with Crippen LogP contribution in [0.15, 0.2) is 22.0 Å². The Morgan fingerprint density at radius 1 is 1.52 bits per heavy atom. The zero-order valence-corrected chi connectivity index (χ0v) is 12.3. The van der Waals surface area contributed by atoms with Gasteiger partial charge >= 0.3 is 5.97 Å². The van der Waals surface area contributed by atoms with Crippen LogP contribution in [0.4, 0.5) is 0 Å². The summed E-state index contributed by atoms with van der Waals surface area (Å²) in [6.45, 7) is 1.18. The summed E-state index contributed by atoms with van der Waals surface area (Å²) in [5, 5.41) is 18.3. The van der Waals surface area contributed by atoms with E-state index in [1.807, 2.05) is 17.5 Å². The molecule has 2 aromatic heterocycles. The fourth-order valence-corrected chi connectivity index (χ4v) is 3.45. The molecule has 0 spiro atoms. The van der Waals surface area contributed by atoms with Crippen molar-refractivity contribution in [3.63, 3.8) is 0 Å². The van der Waals surface area contributed by atoms with Crippen molar-refractivity contribution in [2.45, 2.75) is 25.8 Å². The third-order valence-electron chi connectivity index (χ3n) is 3.87. The minimum Gasteiger partial charge on any atom is -0.481 e. The Morgan fingerprint density at radius 3 is 3.19 bits per heavy atom. The molecule has 0 saturated heterocycles. The maximum absolute atomic E-state index is 11.1. The maximum atomic E-state index is 11.1. The second-order valence-electron chi connectivity index (χ2n) is 5.26. The smallest absolute Gasteiger partial charge is 0.306 e. The molecule has 3 rings (SSSR count). The highest BCUT2D eigenvalue weighted by Crippen LogP contribution is 2.31. The summed E-state index contributed by atoms with van der Waals surface area (Å²) in [6.07, 6.45) is 2.75. The molecule has 112 valence electrons. The quantitative estimate of drug-likeness (QED) is 0.852. The van der Waals surface area contributed by atoms with Gasteiger partial charge in [-0.05, 0) is 36.8 Å². The molecule has 2 heterocycles. The van der Waals surface area contributed by atoms with Gasteiger partial charge in [0.1, 0.15) is 0 Å². The Kier molecular flexibility index (Phi) is 4.31. The Balaban J connectivity index is 1.51. The SMILES string of the molecule is O=C(O)C1CCCC1CNCc1noc(-c2cccs2)n1. The molecule has 0 aliphatic heterocycles. The number of carbonyl (C=O) groups is 1. The summed E-state index contributed by atoms with van der Waals surface area (Å²) in [5.74, 6) is 0.434. The van der Waals surface area contributed by atoms with Crippen molar-refractivity contribution < 1.29 is 14.4 Å². The molecule has 2 atom stereocenters. The van der Waals surface area contributed by atoms with Crippen molar-refractivity contribution in [3.8, 4) is 10.8 Å². The lowest BCUT2D eigenvalue weighted by Gasteiger charge is -2.15. The van der Waals surface area contributed by atoms with E-state index in [9.17, 15) is 4.79 Å². The van der Waals surface area contributed by atoms with Crippen LogP contribution in [-0.4, -0.2) is 27.8 Å². The minimum atomic E-state index is -0.682. The average molecular weight is 307 g/mol. The van der Waals surface area contributed by atoms with Gasteiger partial charge in [0, 0.05) is 0 Å². The first kappa shape index (κ1) is 14.2. The molecule has 21 heavy (non-hydrogen) atoms. The molecule has 1 aliphatic carbocycles. The number of rotatable bonds is 6. The van der Waals surface area contributed by atoms with Crippen LogP contribution in [0, 0.1) is 11.8 Å². The third kappa shape index (κ3) is 3.30. The summed E-state index contributed by atoms with van der Waals surface area (Å²) < 4.78 is 5.21. The molecular formula is C14H17N3O3S. The summed E-state index contributed by atoms with van der Waals surface area (Å²) >= 11 is 1.56. The Morgan fingerprint density at radius 2 is 2.43 bits per heavy atom. The predicted molar refractivity (Wildman–Crippen MR) is 77.8 cm³/mol. The van der Waals surface area contributed by atoms with Crippen LogP contribution >= 0.6 is 11.3 Å². The van der Waals surface area contributed by atoms with Crippen LogP contribution in [0.25, 0.3) is 10.8 Å². The number of hydrogen-bond donors (Lipinski definition) is 2. The summed E-state index contributed by atoms with van der Waals surface area (Å²) in [6, 6.07) is 3.87. The Hall–Kier alpha value is -1.73. The zero-order chi connectivity index (χ0) is 14.7. The summed E-state index contributed by atoms with van der Waals surface area (Å²) in [5.41, 5.74) is 0. The molecular weight excluding hydrogens is 290 g/mol. The van der Waals surface area contributed by atoms with Gasteiger partial charge in [-0.3, -0.25) is 4.79 Å².